The largest absolute Gasteiger partial charge is 0.481 e. The number of ether oxygens (including phenoxy) is 1. The van der Waals surface area contributed by atoms with Crippen LogP contribution in [-0.4, -0.2) is 7.11 Å². The number of fused-ring (bicyclic) bond motifs is 2. The average Bonchev–Trinajstić information content (AvgIpc) is 2.41. The Balaban J connectivity index is 2.51. The topological polar surface area (TPSA) is 21.6 Å². The number of benzene rings is 2. The molecule has 2 heteroatoms. The summed E-state index contributed by atoms with van der Waals surface area (Å²) in [6, 6.07) is 16.1. The van der Waals surface area contributed by atoms with Crippen LogP contribution in [0.5, 0.6) is 0 Å². The van der Waals surface area contributed by atoms with Gasteiger partial charge in [-0.25, -0.2) is 4.99 Å². The Morgan fingerprint density at radius 3 is 2.33 bits per heavy atom. The van der Waals surface area contributed by atoms with Crippen molar-refractivity contribution in [3.63, 3.8) is 0 Å². The van der Waals surface area contributed by atoms with Crippen molar-refractivity contribution in [1.29, 1.82) is 0 Å². The number of methoxy groups -OCH3 is 1. The highest BCUT2D eigenvalue weighted by Gasteiger charge is 1.98. The van der Waals surface area contributed by atoms with Crippen molar-refractivity contribution < 1.29 is 4.74 Å². The molecule has 1 aliphatic rings. The van der Waals surface area contributed by atoms with Gasteiger partial charge in [-0.2, -0.15) is 0 Å². The Kier molecular flexibility index (Phi) is 2.69. The number of hydrogen-bond donors (Lipinski definition) is 0. The van der Waals surface area contributed by atoms with E-state index < -0.39 is 0 Å². The summed E-state index contributed by atoms with van der Waals surface area (Å²) in [5.41, 5.74) is 0. The van der Waals surface area contributed by atoms with Crippen molar-refractivity contribution in [2.45, 2.75) is 0 Å². The molecule has 0 fully saturated rings. The lowest BCUT2D eigenvalue weighted by Gasteiger charge is -2.02. The highest BCUT2D eigenvalue weighted by Crippen LogP contribution is 1.93. The molecule has 0 unspecified atom stereocenters. The lowest BCUT2D eigenvalue weighted by atomic mass is 10.2. The van der Waals surface area contributed by atoms with Gasteiger partial charge in [0.25, 0.3) is 0 Å². The number of para-hydroxylation sites is 1. The zero-order valence-electron chi connectivity index (χ0n) is 10.1. The lowest BCUT2D eigenvalue weighted by molar-refractivity contribution is 0.355. The van der Waals surface area contributed by atoms with Crippen molar-refractivity contribution in [2.75, 3.05) is 7.11 Å². The highest BCUT2D eigenvalue weighted by atomic mass is 16.5. The zero-order chi connectivity index (χ0) is 12.4. The first kappa shape index (κ1) is 10.8. The van der Waals surface area contributed by atoms with Crippen LogP contribution in [0.15, 0.2) is 53.5 Å². The van der Waals surface area contributed by atoms with E-state index in [1.54, 1.807) is 7.11 Å². The second-order valence-electron chi connectivity index (χ2n) is 4.10. The van der Waals surface area contributed by atoms with Gasteiger partial charge < -0.3 is 4.74 Å². The number of hydrogen-bond acceptors (Lipinski definition) is 2. The quantitative estimate of drug-likeness (QED) is 0.696. The fourth-order valence-corrected chi connectivity index (χ4v) is 2.07. The van der Waals surface area contributed by atoms with E-state index in [1.165, 1.54) is 0 Å². The van der Waals surface area contributed by atoms with E-state index in [-0.39, 0.29) is 0 Å². The van der Waals surface area contributed by atoms with E-state index in [9.17, 15) is 0 Å². The van der Waals surface area contributed by atoms with Crippen molar-refractivity contribution in [3.8, 4) is 0 Å². The summed E-state index contributed by atoms with van der Waals surface area (Å²) in [7, 11) is 1.66. The molecule has 0 N–H and O–H groups in total. The Bertz CT molecular complexity index is 819. The van der Waals surface area contributed by atoms with Crippen LogP contribution in [0.25, 0.3) is 18.0 Å². The fourth-order valence-electron chi connectivity index (χ4n) is 2.07. The minimum absolute atomic E-state index is 0.655. The first-order chi connectivity index (χ1) is 8.88. The van der Waals surface area contributed by atoms with Gasteiger partial charge in [0.2, 0.25) is 5.88 Å². The number of nitrogens with zero attached hydrogens (tertiary/aromatic N) is 1. The number of rotatable bonds is 1. The maximum atomic E-state index is 5.43. The van der Waals surface area contributed by atoms with Crippen LogP contribution in [0.4, 0.5) is 0 Å². The van der Waals surface area contributed by atoms with Crippen LogP contribution in [0.1, 0.15) is 0 Å². The fraction of sp³-hybridized carbons (Fsp3) is 0.0625. The second kappa shape index (κ2) is 4.49. The molecule has 2 aromatic rings. The molecule has 0 radical (unpaired) electrons. The molecule has 1 heterocycles. The summed E-state index contributed by atoms with van der Waals surface area (Å²) in [6.07, 6.45) is 4.19. The molecule has 2 aromatic carbocycles. The monoisotopic (exact) mass is 235 g/mol. The van der Waals surface area contributed by atoms with Gasteiger partial charge in [-0.05, 0) is 17.4 Å². The van der Waals surface area contributed by atoms with E-state index in [1.807, 2.05) is 36.4 Å². The third kappa shape index (κ3) is 1.82. The summed E-state index contributed by atoms with van der Waals surface area (Å²) in [4.78, 5) is 4.60. The molecule has 0 aliphatic carbocycles. The maximum Gasteiger partial charge on any atom is 0.221 e. The molecule has 0 spiro atoms. The van der Waals surface area contributed by atoms with Crippen molar-refractivity contribution in [2.24, 2.45) is 4.99 Å². The normalized spacial score (nSPS) is 21.5. The third-order valence-corrected chi connectivity index (χ3v) is 2.99. The molecule has 0 amide bonds. The van der Waals surface area contributed by atoms with Gasteiger partial charge >= 0.3 is 0 Å². The van der Waals surface area contributed by atoms with Gasteiger partial charge in [-0.1, -0.05) is 48.6 Å². The minimum atomic E-state index is 0.655. The van der Waals surface area contributed by atoms with Gasteiger partial charge in [0.15, 0.2) is 0 Å². The van der Waals surface area contributed by atoms with E-state index in [4.69, 9.17) is 4.74 Å². The highest BCUT2D eigenvalue weighted by molar-refractivity contribution is 5.62. The molecular formula is C16H13NO. The molecule has 88 valence electrons. The van der Waals surface area contributed by atoms with Gasteiger partial charge in [0, 0.05) is 10.4 Å². The van der Waals surface area contributed by atoms with Crippen molar-refractivity contribution in [1.82, 2.24) is 0 Å². The molecule has 0 atom stereocenters. The van der Waals surface area contributed by atoms with Gasteiger partial charge in [-0.3, -0.25) is 0 Å². The molecule has 2 nitrogen and oxygen atoms in total. The smallest absolute Gasteiger partial charge is 0.221 e. The van der Waals surface area contributed by atoms with Gasteiger partial charge in [0.1, 0.15) is 0 Å². The summed E-state index contributed by atoms with van der Waals surface area (Å²) in [5, 5.41) is 4.17. The first-order valence-corrected chi connectivity index (χ1v) is 5.87. The van der Waals surface area contributed by atoms with Crippen LogP contribution in [0.3, 0.4) is 0 Å². The van der Waals surface area contributed by atoms with E-state index in [2.05, 4.69) is 29.3 Å². The molecule has 0 aromatic heterocycles. The second-order valence-corrected chi connectivity index (χ2v) is 4.10. The molecule has 1 aliphatic heterocycles. The summed E-state index contributed by atoms with van der Waals surface area (Å²) in [6.45, 7) is 0. The SMILES string of the molecule is COC1=c2\cccc\c2=C/C=c2/cccc/c2=N\1. The summed E-state index contributed by atoms with van der Waals surface area (Å²) >= 11 is 0. The Morgan fingerprint density at radius 2 is 1.50 bits per heavy atom. The minimum Gasteiger partial charge on any atom is -0.481 e. The molecular weight excluding hydrogens is 222 g/mol. The molecule has 0 bridgehead atoms. The Hall–Kier alpha value is -2.35. The Labute approximate surface area is 105 Å². The van der Waals surface area contributed by atoms with Crippen LogP contribution >= 0.6 is 0 Å². The van der Waals surface area contributed by atoms with E-state index >= 15 is 0 Å². The van der Waals surface area contributed by atoms with E-state index in [0.717, 1.165) is 21.0 Å². The van der Waals surface area contributed by atoms with Crippen LogP contribution in [0.2, 0.25) is 0 Å². The molecule has 0 saturated carbocycles. The lowest BCUT2D eigenvalue weighted by Crippen LogP contribution is -2.32. The Morgan fingerprint density at radius 1 is 0.833 bits per heavy atom. The molecule has 0 saturated heterocycles. The maximum absolute atomic E-state index is 5.43. The molecule has 3 rings (SSSR count). The van der Waals surface area contributed by atoms with Gasteiger partial charge in [-0.15, -0.1) is 0 Å². The summed E-state index contributed by atoms with van der Waals surface area (Å²) < 4.78 is 5.43. The zero-order valence-corrected chi connectivity index (χ0v) is 10.1. The standard InChI is InChI=1S/C16H13NO/c1-18-16-14-8-4-2-6-12(14)10-11-13-7-3-5-9-15(13)17-16/h2-11H,1H3/b11-10?,12-10+,13-11-,16-14+,17-15+,17-16?. The van der Waals surface area contributed by atoms with Gasteiger partial charge in [0.05, 0.1) is 12.5 Å². The molecule has 18 heavy (non-hydrogen) atoms. The van der Waals surface area contributed by atoms with Crippen molar-refractivity contribution in [3.05, 3.63) is 69.5 Å². The van der Waals surface area contributed by atoms with Crippen LogP contribution in [-0.2, 0) is 4.74 Å². The van der Waals surface area contributed by atoms with Crippen molar-refractivity contribution >= 4 is 18.0 Å². The van der Waals surface area contributed by atoms with Crippen LogP contribution in [0, 0.1) is 0 Å². The average molecular weight is 235 g/mol. The third-order valence-electron chi connectivity index (χ3n) is 2.99. The van der Waals surface area contributed by atoms with Crippen LogP contribution < -0.4 is 21.0 Å². The first-order valence-electron chi connectivity index (χ1n) is 5.87. The predicted molar refractivity (Wildman–Crippen MR) is 72.3 cm³/mol. The summed E-state index contributed by atoms with van der Waals surface area (Å²) in [5.74, 6) is 0.655. The predicted octanol–water partition coefficient (Wildman–Crippen LogP) is 0.293. The van der Waals surface area contributed by atoms with E-state index in [0.29, 0.717) is 5.88 Å².